The lowest BCUT2D eigenvalue weighted by Gasteiger charge is -2.29. The van der Waals surface area contributed by atoms with Crippen molar-refractivity contribution in [3.8, 4) is 22.5 Å². The topological polar surface area (TPSA) is 51.0 Å². The van der Waals surface area contributed by atoms with Gasteiger partial charge in [-0.3, -0.25) is 4.79 Å². The highest BCUT2D eigenvalue weighted by molar-refractivity contribution is 6.00. The van der Waals surface area contributed by atoms with Crippen LogP contribution in [0.25, 0.3) is 22.5 Å². The van der Waals surface area contributed by atoms with Gasteiger partial charge in [0.2, 0.25) is 5.91 Å². The Balaban J connectivity index is 0.00000102. The predicted molar refractivity (Wildman–Crippen MR) is 109 cm³/mol. The summed E-state index contributed by atoms with van der Waals surface area (Å²) in [4.78, 5) is 14.8. The number of hydrogen-bond donors (Lipinski definition) is 0. The van der Waals surface area contributed by atoms with Gasteiger partial charge in [-0.15, -0.1) is 5.10 Å². The summed E-state index contributed by atoms with van der Waals surface area (Å²) >= 11 is 0. The molecular weight excluding hydrogens is 336 g/mol. The van der Waals surface area contributed by atoms with Crippen LogP contribution in [0, 0.1) is 5.92 Å². The zero-order valence-electron chi connectivity index (χ0n) is 16.6. The summed E-state index contributed by atoms with van der Waals surface area (Å²) in [6.45, 7) is 8.40. The van der Waals surface area contributed by atoms with Crippen molar-refractivity contribution < 1.29 is 4.79 Å². The molecule has 27 heavy (non-hydrogen) atoms. The summed E-state index contributed by atoms with van der Waals surface area (Å²) in [6, 6.07) is 16.1. The summed E-state index contributed by atoms with van der Waals surface area (Å²) < 4.78 is 1.81. The fourth-order valence-corrected chi connectivity index (χ4v) is 3.40. The van der Waals surface area contributed by atoms with Crippen molar-refractivity contribution in [2.75, 3.05) is 4.90 Å². The van der Waals surface area contributed by atoms with Crippen molar-refractivity contribution >= 4 is 11.6 Å². The summed E-state index contributed by atoms with van der Waals surface area (Å²) in [6.07, 6.45) is 0. The molecule has 5 heteroatoms. The Kier molecular flexibility index (Phi) is 5.40. The van der Waals surface area contributed by atoms with E-state index in [2.05, 4.69) is 22.4 Å². The molecule has 0 aliphatic carbocycles. The highest BCUT2D eigenvalue weighted by Crippen LogP contribution is 2.40. The number of amides is 1. The average molecular weight is 362 g/mol. The van der Waals surface area contributed by atoms with Crippen LogP contribution in [0.2, 0.25) is 0 Å². The first-order chi connectivity index (χ1) is 13.1. The van der Waals surface area contributed by atoms with Gasteiger partial charge < -0.3 is 4.90 Å². The van der Waals surface area contributed by atoms with Gasteiger partial charge in [0.1, 0.15) is 5.69 Å². The number of nitrogens with zero attached hydrogens (tertiary/aromatic N) is 4. The number of rotatable bonds is 1. The van der Waals surface area contributed by atoms with E-state index in [1.54, 1.807) is 0 Å². The summed E-state index contributed by atoms with van der Waals surface area (Å²) in [5, 5.41) is 8.66. The Morgan fingerprint density at radius 3 is 2.33 bits per heavy atom. The minimum Gasteiger partial charge on any atom is -0.307 e. The second-order valence-electron chi connectivity index (χ2n) is 6.66. The minimum absolute atomic E-state index is 0.0824. The third kappa shape index (κ3) is 3.25. The number of aromatic nitrogens is 3. The second-order valence-corrected chi connectivity index (χ2v) is 6.66. The van der Waals surface area contributed by atoms with Crippen LogP contribution in [-0.4, -0.2) is 20.9 Å². The van der Waals surface area contributed by atoms with Crippen LogP contribution in [0.3, 0.4) is 0 Å². The van der Waals surface area contributed by atoms with Crippen molar-refractivity contribution in [2.24, 2.45) is 13.0 Å². The van der Waals surface area contributed by atoms with E-state index in [0.29, 0.717) is 6.54 Å². The quantitative estimate of drug-likeness (QED) is 0.632. The molecule has 0 bridgehead atoms. The van der Waals surface area contributed by atoms with E-state index in [1.165, 1.54) is 0 Å². The van der Waals surface area contributed by atoms with E-state index in [1.807, 2.05) is 80.7 Å². The monoisotopic (exact) mass is 362 g/mol. The molecule has 1 aromatic heterocycles. The molecule has 0 saturated carbocycles. The fourth-order valence-electron chi connectivity index (χ4n) is 3.40. The molecule has 3 aromatic rings. The van der Waals surface area contributed by atoms with Gasteiger partial charge in [0.05, 0.1) is 17.9 Å². The first-order valence-corrected chi connectivity index (χ1v) is 9.46. The molecule has 1 amide bonds. The normalized spacial score (nSPS) is 12.1. The van der Waals surface area contributed by atoms with Crippen LogP contribution in [-0.2, 0) is 18.4 Å². The Morgan fingerprint density at radius 1 is 1.00 bits per heavy atom. The number of fused-ring (bicyclic) bond motifs is 5. The maximum atomic E-state index is 12.9. The largest absolute Gasteiger partial charge is 0.307 e. The van der Waals surface area contributed by atoms with Crippen LogP contribution < -0.4 is 4.90 Å². The van der Waals surface area contributed by atoms with E-state index in [9.17, 15) is 4.79 Å². The molecule has 0 unspecified atom stereocenters. The maximum Gasteiger partial charge on any atom is 0.229 e. The van der Waals surface area contributed by atoms with Gasteiger partial charge in [-0.05, 0) is 11.6 Å². The number of aryl methyl sites for hydroxylation is 1. The molecule has 0 saturated heterocycles. The zero-order chi connectivity index (χ0) is 19.6. The van der Waals surface area contributed by atoms with Gasteiger partial charge in [0, 0.05) is 24.1 Å². The van der Waals surface area contributed by atoms with Crippen molar-refractivity contribution in [2.45, 2.75) is 34.2 Å². The van der Waals surface area contributed by atoms with E-state index in [4.69, 9.17) is 0 Å². The van der Waals surface area contributed by atoms with Gasteiger partial charge >= 0.3 is 0 Å². The maximum absolute atomic E-state index is 12.9. The molecule has 0 N–H and O–H groups in total. The highest BCUT2D eigenvalue weighted by atomic mass is 16.2. The number of benzene rings is 2. The van der Waals surface area contributed by atoms with Crippen molar-refractivity contribution in [1.82, 2.24) is 15.0 Å². The lowest BCUT2D eigenvalue weighted by atomic mass is 9.95. The second kappa shape index (κ2) is 7.74. The van der Waals surface area contributed by atoms with E-state index < -0.39 is 0 Å². The molecule has 2 aromatic carbocycles. The van der Waals surface area contributed by atoms with E-state index in [-0.39, 0.29) is 11.8 Å². The number of carbonyl (C=O) groups excluding carboxylic acids is 1. The third-order valence-electron chi connectivity index (χ3n) is 4.64. The van der Waals surface area contributed by atoms with Gasteiger partial charge in [0.25, 0.3) is 0 Å². The van der Waals surface area contributed by atoms with Crippen LogP contribution in [0.4, 0.5) is 5.69 Å². The highest BCUT2D eigenvalue weighted by Gasteiger charge is 2.29. The van der Waals surface area contributed by atoms with Crippen LogP contribution in [0.1, 0.15) is 33.3 Å². The van der Waals surface area contributed by atoms with Gasteiger partial charge in [-0.25, -0.2) is 4.68 Å². The molecule has 140 valence electrons. The molecule has 0 atom stereocenters. The van der Waals surface area contributed by atoms with Gasteiger partial charge in [-0.2, -0.15) is 0 Å². The third-order valence-corrected chi connectivity index (χ3v) is 4.64. The number of para-hydroxylation sites is 1. The van der Waals surface area contributed by atoms with E-state index in [0.717, 1.165) is 33.8 Å². The summed E-state index contributed by atoms with van der Waals surface area (Å²) in [5.41, 5.74) is 5.79. The Bertz CT molecular complexity index is 958. The minimum atomic E-state index is -0.0824. The lowest BCUT2D eigenvalue weighted by molar-refractivity contribution is -0.121. The molecule has 1 aliphatic heterocycles. The van der Waals surface area contributed by atoms with E-state index >= 15 is 0 Å². The van der Waals surface area contributed by atoms with Gasteiger partial charge in [0.15, 0.2) is 0 Å². The van der Waals surface area contributed by atoms with Crippen LogP contribution in [0.5, 0.6) is 0 Å². The SMILES string of the molecule is CC.CC(C)C(=O)N1Cc2ccccc2-c2c(nnn2C)-c2ccccc21. The number of carbonyl (C=O) groups is 1. The molecule has 4 rings (SSSR count). The molecule has 1 aliphatic rings. The smallest absolute Gasteiger partial charge is 0.229 e. The van der Waals surface area contributed by atoms with Crippen LogP contribution in [0.15, 0.2) is 48.5 Å². The number of hydrogen-bond acceptors (Lipinski definition) is 3. The number of anilines is 1. The van der Waals surface area contributed by atoms with Crippen molar-refractivity contribution in [3.05, 3.63) is 54.1 Å². The van der Waals surface area contributed by atoms with Crippen molar-refractivity contribution in [3.63, 3.8) is 0 Å². The average Bonchev–Trinajstić information content (AvgIpc) is 3.07. The fraction of sp³-hybridized carbons (Fsp3) is 0.318. The molecule has 5 nitrogen and oxygen atoms in total. The standard InChI is InChI=1S/C20H20N4O.C2H6/c1-13(2)20(25)24-12-14-8-4-5-9-15(14)19-18(21-22-23(19)3)16-10-6-7-11-17(16)24;1-2/h4-11,13H,12H2,1-3H3;1-2H3. The Labute approximate surface area is 160 Å². The summed E-state index contributed by atoms with van der Waals surface area (Å²) in [5.74, 6) is 0.0237. The molecular formula is C22H26N4O. The Hall–Kier alpha value is -2.95. The van der Waals surface area contributed by atoms with Crippen molar-refractivity contribution in [1.29, 1.82) is 0 Å². The Morgan fingerprint density at radius 2 is 1.63 bits per heavy atom. The molecule has 2 heterocycles. The molecule has 0 radical (unpaired) electrons. The predicted octanol–water partition coefficient (Wildman–Crippen LogP) is 4.68. The molecule has 0 spiro atoms. The zero-order valence-corrected chi connectivity index (χ0v) is 16.6. The lowest BCUT2D eigenvalue weighted by Crippen LogP contribution is -2.34. The molecule has 0 fully saturated rings. The summed E-state index contributed by atoms with van der Waals surface area (Å²) in [7, 11) is 1.91. The first-order valence-electron chi connectivity index (χ1n) is 9.46. The van der Waals surface area contributed by atoms with Crippen LogP contribution >= 0.6 is 0 Å². The first kappa shape index (κ1) is 18.8. The van der Waals surface area contributed by atoms with Gasteiger partial charge in [-0.1, -0.05) is 75.4 Å².